The number of ether oxygens (including phenoxy) is 2. The molecule has 0 aliphatic heterocycles. The lowest BCUT2D eigenvalue weighted by Gasteiger charge is -2.22. The Kier molecular flexibility index (Phi) is 4.52. The van der Waals surface area contributed by atoms with Gasteiger partial charge in [-0.1, -0.05) is 11.2 Å². The molecule has 5 heteroatoms. The molecular formula is C13H18N2O3. The molecule has 1 aromatic rings. The van der Waals surface area contributed by atoms with Crippen molar-refractivity contribution in [3.63, 3.8) is 0 Å². The Labute approximate surface area is 106 Å². The molecule has 0 unspecified atom stereocenters. The SMILES string of the molecule is COc1cccc(COC2CCC(=NO)CC2)n1. The third kappa shape index (κ3) is 3.43. The van der Waals surface area contributed by atoms with Crippen LogP contribution in [-0.2, 0) is 11.3 Å². The first-order valence-corrected chi connectivity index (χ1v) is 6.13. The van der Waals surface area contributed by atoms with Gasteiger partial charge in [0.2, 0.25) is 5.88 Å². The van der Waals surface area contributed by atoms with Crippen LogP contribution in [0, 0.1) is 0 Å². The van der Waals surface area contributed by atoms with Crippen LogP contribution in [0.5, 0.6) is 5.88 Å². The summed E-state index contributed by atoms with van der Waals surface area (Å²) in [4.78, 5) is 4.30. The molecule has 18 heavy (non-hydrogen) atoms. The van der Waals surface area contributed by atoms with E-state index in [1.165, 1.54) is 0 Å². The average molecular weight is 250 g/mol. The average Bonchev–Trinajstić information content (AvgIpc) is 2.46. The zero-order valence-corrected chi connectivity index (χ0v) is 10.5. The molecule has 1 aromatic heterocycles. The van der Waals surface area contributed by atoms with Crippen molar-refractivity contribution in [2.45, 2.75) is 38.4 Å². The van der Waals surface area contributed by atoms with E-state index in [2.05, 4.69) is 10.1 Å². The number of pyridine rings is 1. The summed E-state index contributed by atoms with van der Waals surface area (Å²) < 4.78 is 10.9. The summed E-state index contributed by atoms with van der Waals surface area (Å²) in [6, 6.07) is 5.64. The van der Waals surface area contributed by atoms with Gasteiger partial charge in [-0.3, -0.25) is 0 Å². The van der Waals surface area contributed by atoms with Gasteiger partial charge < -0.3 is 14.7 Å². The molecule has 0 amide bonds. The van der Waals surface area contributed by atoms with E-state index >= 15 is 0 Å². The van der Waals surface area contributed by atoms with Gasteiger partial charge in [-0.05, 0) is 31.7 Å². The molecule has 1 saturated carbocycles. The fraction of sp³-hybridized carbons (Fsp3) is 0.538. The summed E-state index contributed by atoms with van der Waals surface area (Å²) >= 11 is 0. The fourth-order valence-corrected chi connectivity index (χ4v) is 2.05. The van der Waals surface area contributed by atoms with Gasteiger partial charge in [0.15, 0.2) is 0 Å². The Hall–Kier alpha value is -1.62. The van der Waals surface area contributed by atoms with Gasteiger partial charge in [-0.15, -0.1) is 0 Å². The van der Waals surface area contributed by atoms with Crippen LogP contribution in [-0.4, -0.2) is 29.1 Å². The first kappa shape index (κ1) is 12.8. The first-order valence-electron chi connectivity index (χ1n) is 6.13. The highest BCUT2D eigenvalue weighted by molar-refractivity contribution is 5.84. The van der Waals surface area contributed by atoms with Gasteiger partial charge in [0, 0.05) is 6.07 Å². The third-order valence-corrected chi connectivity index (χ3v) is 3.11. The van der Waals surface area contributed by atoms with Crippen LogP contribution in [0.1, 0.15) is 31.4 Å². The zero-order valence-electron chi connectivity index (χ0n) is 10.5. The standard InChI is InChI=1S/C13H18N2O3/c1-17-13-4-2-3-11(14-13)9-18-12-7-5-10(15-16)6-8-12/h2-4,12,16H,5-9H2,1H3. The molecule has 1 N–H and O–H groups in total. The van der Waals surface area contributed by atoms with Crippen molar-refractivity contribution in [3.05, 3.63) is 23.9 Å². The number of aromatic nitrogens is 1. The number of methoxy groups -OCH3 is 1. The minimum Gasteiger partial charge on any atom is -0.481 e. The minimum atomic E-state index is 0.225. The second-order valence-corrected chi connectivity index (χ2v) is 4.35. The number of rotatable bonds is 4. The van der Waals surface area contributed by atoms with Crippen molar-refractivity contribution in [3.8, 4) is 5.88 Å². The number of nitrogens with zero attached hydrogens (tertiary/aromatic N) is 2. The van der Waals surface area contributed by atoms with Gasteiger partial charge in [0.05, 0.1) is 31.2 Å². The Balaban J connectivity index is 1.81. The maximum absolute atomic E-state index is 8.67. The second-order valence-electron chi connectivity index (χ2n) is 4.35. The smallest absolute Gasteiger partial charge is 0.213 e. The molecule has 2 rings (SSSR count). The van der Waals surface area contributed by atoms with Gasteiger partial charge in [-0.2, -0.15) is 0 Å². The molecule has 5 nitrogen and oxygen atoms in total. The van der Waals surface area contributed by atoms with Crippen molar-refractivity contribution >= 4 is 5.71 Å². The van der Waals surface area contributed by atoms with E-state index in [0.717, 1.165) is 37.1 Å². The van der Waals surface area contributed by atoms with Crippen LogP contribution in [0.15, 0.2) is 23.4 Å². The van der Waals surface area contributed by atoms with Crippen molar-refractivity contribution in [1.29, 1.82) is 0 Å². The lowest BCUT2D eigenvalue weighted by atomic mass is 9.96. The summed E-state index contributed by atoms with van der Waals surface area (Å²) in [5.41, 5.74) is 1.74. The maximum Gasteiger partial charge on any atom is 0.213 e. The summed E-state index contributed by atoms with van der Waals surface area (Å²) in [5.74, 6) is 0.606. The molecule has 0 radical (unpaired) electrons. The van der Waals surface area contributed by atoms with E-state index in [4.69, 9.17) is 14.7 Å². The molecule has 1 aliphatic rings. The lowest BCUT2D eigenvalue weighted by Crippen LogP contribution is -2.21. The molecule has 0 atom stereocenters. The van der Waals surface area contributed by atoms with E-state index in [0.29, 0.717) is 12.5 Å². The highest BCUT2D eigenvalue weighted by Crippen LogP contribution is 2.20. The van der Waals surface area contributed by atoms with E-state index in [1.54, 1.807) is 7.11 Å². The maximum atomic E-state index is 8.67. The van der Waals surface area contributed by atoms with Gasteiger partial charge in [0.25, 0.3) is 0 Å². The Morgan fingerprint density at radius 3 is 2.83 bits per heavy atom. The quantitative estimate of drug-likeness (QED) is 0.658. The monoisotopic (exact) mass is 250 g/mol. The fourth-order valence-electron chi connectivity index (χ4n) is 2.05. The molecule has 1 heterocycles. The van der Waals surface area contributed by atoms with Crippen LogP contribution in [0.4, 0.5) is 0 Å². The van der Waals surface area contributed by atoms with Crippen LogP contribution in [0.2, 0.25) is 0 Å². The largest absolute Gasteiger partial charge is 0.481 e. The molecule has 98 valence electrons. The highest BCUT2D eigenvalue weighted by Gasteiger charge is 2.18. The summed E-state index contributed by atoms with van der Waals surface area (Å²) in [7, 11) is 1.60. The molecule has 0 spiro atoms. The molecular weight excluding hydrogens is 232 g/mol. The Morgan fingerprint density at radius 1 is 1.39 bits per heavy atom. The van der Waals surface area contributed by atoms with Gasteiger partial charge in [0.1, 0.15) is 0 Å². The van der Waals surface area contributed by atoms with Gasteiger partial charge in [-0.25, -0.2) is 4.98 Å². The normalized spacial score (nSPS) is 19.6. The molecule has 1 aliphatic carbocycles. The summed E-state index contributed by atoms with van der Waals surface area (Å²) in [6.45, 7) is 0.494. The zero-order chi connectivity index (χ0) is 12.8. The molecule has 0 aromatic carbocycles. The lowest BCUT2D eigenvalue weighted by molar-refractivity contribution is 0.0258. The number of hydrogen-bond donors (Lipinski definition) is 1. The summed E-state index contributed by atoms with van der Waals surface area (Å²) in [6.07, 6.45) is 3.66. The molecule has 0 bridgehead atoms. The molecule has 0 saturated heterocycles. The Morgan fingerprint density at radius 2 is 2.17 bits per heavy atom. The van der Waals surface area contributed by atoms with Crippen LogP contribution < -0.4 is 4.74 Å². The predicted octanol–water partition coefficient (Wildman–Crippen LogP) is 2.38. The van der Waals surface area contributed by atoms with Crippen molar-refractivity contribution in [1.82, 2.24) is 4.98 Å². The number of hydrogen-bond acceptors (Lipinski definition) is 5. The van der Waals surface area contributed by atoms with E-state index < -0.39 is 0 Å². The van der Waals surface area contributed by atoms with Crippen molar-refractivity contribution in [2.75, 3.05) is 7.11 Å². The molecule has 1 fully saturated rings. The van der Waals surface area contributed by atoms with Crippen molar-refractivity contribution in [2.24, 2.45) is 5.16 Å². The highest BCUT2D eigenvalue weighted by atomic mass is 16.5. The second kappa shape index (κ2) is 6.35. The van der Waals surface area contributed by atoms with Crippen LogP contribution in [0.3, 0.4) is 0 Å². The summed E-state index contributed by atoms with van der Waals surface area (Å²) in [5, 5.41) is 11.9. The third-order valence-electron chi connectivity index (χ3n) is 3.11. The van der Waals surface area contributed by atoms with Gasteiger partial charge >= 0.3 is 0 Å². The van der Waals surface area contributed by atoms with Crippen molar-refractivity contribution < 1.29 is 14.7 Å². The predicted molar refractivity (Wildman–Crippen MR) is 67.1 cm³/mol. The Bertz CT molecular complexity index is 410. The topological polar surface area (TPSA) is 63.9 Å². The minimum absolute atomic E-state index is 0.225. The number of oxime groups is 1. The van der Waals surface area contributed by atoms with E-state index in [9.17, 15) is 0 Å². The van der Waals surface area contributed by atoms with E-state index in [-0.39, 0.29) is 6.10 Å². The van der Waals surface area contributed by atoms with Crippen LogP contribution >= 0.6 is 0 Å². The first-order chi connectivity index (χ1) is 8.81. The van der Waals surface area contributed by atoms with Crippen LogP contribution in [0.25, 0.3) is 0 Å². The van der Waals surface area contributed by atoms with E-state index in [1.807, 2.05) is 18.2 Å².